The normalized spacial score (nSPS) is 16.4. The Kier molecular flexibility index (Phi) is 8.42. The highest BCUT2D eigenvalue weighted by atomic mass is 32.2. The SMILES string of the molecule is CCOc1ccc(C2/C(=C(\O)c3ccncc3)C(=O)C(=O)N2c2nnc(SCc3ccccc3)s2)cc1OCC. The monoisotopic (exact) mass is 574 g/mol. The highest BCUT2D eigenvalue weighted by Crippen LogP contribution is 2.45. The van der Waals surface area contributed by atoms with E-state index in [1.165, 1.54) is 40.4 Å². The molecular weight excluding hydrogens is 548 g/mol. The fourth-order valence-electron chi connectivity index (χ4n) is 4.33. The molecule has 0 radical (unpaired) electrons. The number of carbonyl (C=O) groups excluding carboxylic acids is 2. The maximum Gasteiger partial charge on any atom is 0.301 e. The number of anilines is 1. The molecule has 2 aromatic carbocycles. The summed E-state index contributed by atoms with van der Waals surface area (Å²) in [5.74, 6) is -0.245. The van der Waals surface area contributed by atoms with Gasteiger partial charge in [-0.2, -0.15) is 0 Å². The van der Waals surface area contributed by atoms with Crippen molar-refractivity contribution in [3.05, 3.63) is 95.3 Å². The van der Waals surface area contributed by atoms with E-state index in [1.54, 1.807) is 30.3 Å². The summed E-state index contributed by atoms with van der Waals surface area (Å²) in [6, 6.07) is 17.3. The average molecular weight is 575 g/mol. The van der Waals surface area contributed by atoms with Crippen LogP contribution in [0.4, 0.5) is 5.13 Å². The molecule has 0 saturated carbocycles. The molecule has 1 saturated heterocycles. The van der Waals surface area contributed by atoms with Crippen LogP contribution in [0.15, 0.2) is 83.0 Å². The molecule has 1 amide bonds. The predicted molar refractivity (Wildman–Crippen MR) is 154 cm³/mol. The predicted octanol–water partition coefficient (Wildman–Crippen LogP) is 5.65. The van der Waals surface area contributed by atoms with Crippen LogP contribution in [-0.4, -0.2) is 45.2 Å². The van der Waals surface area contributed by atoms with Crippen LogP contribution < -0.4 is 14.4 Å². The maximum absolute atomic E-state index is 13.5. The molecule has 0 aliphatic carbocycles. The molecule has 40 heavy (non-hydrogen) atoms. The lowest BCUT2D eigenvalue weighted by Gasteiger charge is -2.23. The number of thioether (sulfide) groups is 1. The number of amides is 1. The van der Waals surface area contributed by atoms with E-state index >= 15 is 0 Å². The average Bonchev–Trinajstić information content (AvgIpc) is 3.55. The largest absolute Gasteiger partial charge is 0.507 e. The van der Waals surface area contributed by atoms with Crippen LogP contribution in [0, 0.1) is 0 Å². The number of Topliss-reactive ketones (excluding diaryl/α,β-unsaturated/α-hetero) is 1. The van der Waals surface area contributed by atoms with E-state index in [-0.39, 0.29) is 16.5 Å². The van der Waals surface area contributed by atoms with Gasteiger partial charge in [-0.3, -0.25) is 19.5 Å². The number of hydrogen-bond acceptors (Lipinski definition) is 10. The molecule has 1 fully saturated rings. The van der Waals surface area contributed by atoms with Crippen molar-refractivity contribution >= 4 is 45.7 Å². The third-order valence-electron chi connectivity index (χ3n) is 6.09. The van der Waals surface area contributed by atoms with Gasteiger partial charge in [0.25, 0.3) is 5.78 Å². The van der Waals surface area contributed by atoms with Gasteiger partial charge in [0.2, 0.25) is 5.13 Å². The Labute approximate surface area is 239 Å². The number of aliphatic hydroxyl groups is 1. The first-order chi connectivity index (χ1) is 19.5. The summed E-state index contributed by atoms with van der Waals surface area (Å²) in [5.41, 5.74) is 1.98. The second-order valence-electron chi connectivity index (χ2n) is 8.60. The van der Waals surface area contributed by atoms with Gasteiger partial charge in [0.15, 0.2) is 15.8 Å². The third kappa shape index (κ3) is 5.56. The highest BCUT2D eigenvalue weighted by Gasteiger charge is 2.48. The van der Waals surface area contributed by atoms with Gasteiger partial charge in [-0.15, -0.1) is 10.2 Å². The van der Waals surface area contributed by atoms with Crippen molar-refractivity contribution in [2.75, 3.05) is 18.1 Å². The minimum absolute atomic E-state index is 0.0588. The van der Waals surface area contributed by atoms with E-state index in [4.69, 9.17) is 9.47 Å². The summed E-state index contributed by atoms with van der Waals surface area (Å²) < 4.78 is 12.2. The zero-order valence-electron chi connectivity index (χ0n) is 21.8. The first kappa shape index (κ1) is 27.4. The highest BCUT2D eigenvalue weighted by molar-refractivity contribution is 8.00. The van der Waals surface area contributed by atoms with Crippen LogP contribution in [0.3, 0.4) is 0 Å². The summed E-state index contributed by atoms with van der Waals surface area (Å²) in [4.78, 5) is 32.2. The molecule has 3 heterocycles. The number of ether oxygens (including phenoxy) is 2. The van der Waals surface area contributed by atoms with Gasteiger partial charge in [-0.05, 0) is 49.2 Å². The summed E-state index contributed by atoms with van der Waals surface area (Å²) >= 11 is 2.70. The lowest BCUT2D eigenvalue weighted by Crippen LogP contribution is -2.29. The van der Waals surface area contributed by atoms with Crippen molar-refractivity contribution in [3.8, 4) is 11.5 Å². The number of carbonyl (C=O) groups is 2. The van der Waals surface area contributed by atoms with Crippen LogP contribution in [0.2, 0.25) is 0 Å². The second-order valence-corrected chi connectivity index (χ2v) is 10.8. The van der Waals surface area contributed by atoms with Crippen LogP contribution in [0.1, 0.15) is 36.6 Å². The molecule has 11 heteroatoms. The minimum atomic E-state index is -0.969. The molecule has 1 N–H and O–H groups in total. The second kappa shape index (κ2) is 12.3. The number of rotatable bonds is 10. The van der Waals surface area contributed by atoms with Crippen LogP contribution >= 0.6 is 23.1 Å². The van der Waals surface area contributed by atoms with E-state index in [2.05, 4.69) is 15.2 Å². The summed E-state index contributed by atoms with van der Waals surface area (Å²) in [5, 5.41) is 20.1. The van der Waals surface area contributed by atoms with Gasteiger partial charge >= 0.3 is 5.91 Å². The first-order valence-corrected chi connectivity index (χ1v) is 14.4. The lowest BCUT2D eigenvalue weighted by atomic mass is 9.95. The Bertz CT molecular complexity index is 1540. The fraction of sp³-hybridized carbons (Fsp3) is 0.207. The quantitative estimate of drug-likeness (QED) is 0.0844. The smallest absolute Gasteiger partial charge is 0.301 e. The molecule has 9 nitrogen and oxygen atoms in total. The van der Waals surface area contributed by atoms with E-state index in [9.17, 15) is 14.7 Å². The van der Waals surface area contributed by atoms with Gasteiger partial charge in [0, 0.05) is 23.7 Å². The van der Waals surface area contributed by atoms with E-state index in [0.29, 0.717) is 45.9 Å². The van der Waals surface area contributed by atoms with Gasteiger partial charge in [-0.1, -0.05) is 59.5 Å². The summed E-state index contributed by atoms with van der Waals surface area (Å²) in [7, 11) is 0. The Balaban J connectivity index is 1.58. The molecule has 5 rings (SSSR count). The Hall–Kier alpha value is -4.22. The van der Waals surface area contributed by atoms with Crippen molar-refractivity contribution in [2.24, 2.45) is 0 Å². The molecule has 0 spiro atoms. The van der Waals surface area contributed by atoms with Crippen LogP contribution in [0.5, 0.6) is 11.5 Å². The minimum Gasteiger partial charge on any atom is -0.507 e. The Morgan fingerprint density at radius 2 is 1.70 bits per heavy atom. The Morgan fingerprint density at radius 3 is 2.42 bits per heavy atom. The van der Waals surface area contributed by atoms with E-state index < -0.39 is 17.7 Å². The Morgan fingerprint density at radius 1 is 0.975 bits per heavy atom. The molecule has 1 aliphatic rings. The molecule has 0 bridgehead atoms. The van der Waals surface area contributed by atoms with Crippen molar-refractivity contribution in [2.45, 2.75) is 30.0 Å². The van der Waals surface area contributed by atoms with E-state index in [0.717, 1.165) is 5.56 Å². The third-order valence-corrected chi connectivity index (χ3v) is 8.22. The zero-order valence-corrected chi connectivity index (χ0v) is 23.4. The molecular formula is C29H26N4O5S2. The summed E-state index contributed by atoms with van der Waals surface area (Å²) in [6.07, 6.45) is 3.01. The van der Waals surface area contributed by atoms with Crippen molar-refractivity contribution in [1.29, 1.82) is 0 Å². The number of hydrogen-bond donors (Lipinski definition) is 1. The van der Waals surface area contributed by atoms with E-state index in [1.807, 2.05) is 44.2 Å². The lowest BCUT2D eigenvalue weighted by molar-refractivity contribution is -0.132. The van der Waals surface area contributed by atoms with Crippen LogP contribution in [0.25, 0.3) is 5.76 Å². The number of aliphatic hydroxyl groups excluding tert-OH is 1. The molecule has 1 unspecified atom stereocenters. The van der Waals surface area contributed by atoms with Crippen molar-refractivity contribution in [1.82, 2.24) is 15.2 Å². The number of aromatic nitrogens is 3. The molecule has 4 aromatic rings. The first-order valence-electron chi connectivity index (χ1n) is 12.6. The van der Waals surface area contributed by atoms with Crippen LogP contribution in [-0.2, 0) is 15.3 Å². The molecule has 1 atom stereocenters. The number of nitrogens with zero attached hydrogens (tertiary/aromatic N) is 4. The summed E-state index contributed by atoms with van der Waals surface area (Å²) in [6.45, 7) is 4.55. The standard InChI is InChI=1S/C29H26N4O5S2/c1-3-37-21-11-10-20(16-22(21)38-4-2)24-23(25(34)19-12-14-30-15-13-19)26(35)27(36)33(24)28-31-32-29(40-28)39-17-18-8-6-5-7-9-18/h5-16,24,34H,3-4,17H2,1-2H3/b25-23+. The number of benzene rings is 2. The maximum atomic E-state index is 13.5. The van der Waals surface area contributed by atoms with Gasteiger partial charge in [-0.25, -0.2) is 0 Å². The van der Waals surface area contributed by atoms with Crippen molar-refractivity contribution < 1.29 is 24.2 Å². The molecule has 1 aliphatic heterocycles. The van der Waals surface area contributed by atoms with Crippen molar-refractivity contribution in [3.63, 3.8) is 0 Å². The van der Waals surface area contributed by atoms with Gasteiger partial charge < -0.3 is 14.6 Å². The number of pyridine rings is 1. The fourth-order valence-corrected chi connectivity index (χ4v) is 6.15. The topological polar surface area (TPSA) is 115 Å². The van der Waals surface area contributed by atoms with Gasteiger partial charge in [0.1, 0.15) is 5.76 Å². The zero-order chi connectivity index (χ0) is 28.1. The van der Waals surface area contributed by atoms with Gasteiger partial charge in [0.05, 0.1) is 24.8 Å². The molecule has 204 valence electrons. The number of ketones is 1. The molecule has 2 aromatic heterocycles.